The van der Waals surface area contributed by atoms with Crippen LogP contribution in [0.15, 0.2) is 18.2 Å². The number of hydrogen-bond donors (Lipinski definition) is 1. The lowest BCUT2D eigenvalue weighted by Gasteiger charge is -2.26. The SMILES string of the molecule is CNC(CC1CCCCC1)c1cccc(F)c1F. The summed E-state index contributed by atoms with van der Waals surface area (Å²) in [6, 6.07) is 4.36. The molecule has 0 radical (unpaired) electrons. The number of rotatable bonds is 4. The molecule has 0 amide bonds. The lowest BCUT2D eigenvalue weighted by molar-refractivity contribution is 0.301. The van der Waals surface area contributed by atoms with Crippen LogP contribution in [-0.4, -0.2) is 7.05 Å². The minimum absolute atomic E-state index is 0.0798. The minimum Gasteiger partial charge on any atom is -0.313 e. The summed E-state index contributed by atoms with van der Waals surface area (Å²) in [6.45, 7) is 0. The van der Waals surface area contributed by atoms with Gasteiger partial charge < -0.3 is 5.32 Å². The van der Waals surface area contributed by atoms with E-state index in [-0.39, 0.29) is 6.04 Å². The zero-order valence-electron chi connectivity index (χ0n) is 10.9. The van der Waals surface area contributed by atoms with Gasteiger partial charge in [-0.1, -0.05) is 44.2 Å². The molecule has 1 atom stereocenters. The second kappa shape index (κ2) is 6.28. The molecule has 0 spiro atoms. The Hall–Kier alpha value is -0.960. The van der Waals surface area contributed by atoms with Crippen molar-refractivity contribution < 1.29 is 8.78 Å². The highest BCUT2D eigenvalue weighted by atomic mass is 19.2. The molecule has 1 fully saturated rings. The Labute approximate surface area is 108 Å². The predicted octanol–water partition coefficient (Wildman–Crippen LogP) is 4.20. The smallest absolute Gasteiger partial charge is 0.163 e. The third kappa shape index (κ3) is 3.08. The first kappa shape index (κ1) is 13.5. The van der Waals surface area contributed by atoms with Crippen LogP contribution in [0.1, 0.15) is 50.1 Å². The van der Waals surface area contributed by atoms with Crippen molar-refractivity contribution >= 4 is 0 Å². The topological polar surface area (TPSA) is 12.0 Å². The van der Waals surface area contributed by atoms with Crippen LogP contribution in [0.3, 0.4) is 0 Å². The fraction of sp³-hybridized carbons (Fsp3) is 0.600. The van der Waals surface area contributed by atoms with Gasteiger partial charge in [0.2, 0.25) is 0 Å². The van der Waals surface area contributed by atoms with Crippen LogP contribution in [0.4, 0.5) is 8.78 Å². The highest BCUT2D eigenvalue weighted by Gasteiger charge is 2.22. The molecule has 18 heavy (non-hydrogen) atoms. The molecule has 1 aliphatic carbocycles. The molecule has 0 heterocycles. The molecule has 100 valence electrons. The summed E-state index contributed by atoms with van der Waals surface area (Å²) in [5, 5.41) is 3.13. The van der Waals surface area contributed by atoms with E-state index >= 15 is 0 Å². The van der Waals surface area contributed by atoms with Crippen LogP contribution in [0.5, 0.6) is 0 Å². The largest absolute Gasteiger partial charge is 0.313 e. The molecule has 1 aliphatic rings. The first-order chi connectivity index (χ1) is 8.72. The Kier molecular flexibility index (Phi) is 4.70. The quantitative estimate of drug-likeness (QED) is 0.848. The molecule has 0 bridgehead atoms. The van der Waals surface area contributed by atoms with E-state index in [2.05, 4.69) is 5.32 Å². The van der Waals surface area contributed by atoms with Crippen LogP contribution in [0.25, 0.3) is 0 Å². The van der Waals surface area contributed by atoms with Crippen molar-refractivity contribution in [2.45, 2.75) is 44.6 Å². The van der Waals surface area contributed by atoms with Crippen LogP contribution < -0.4 is 5.32 Å². The lowest BCUT2D eigenvalue weighted by Crippen LogP contribution is -2.22. The normalized spacial score (nSPS) is 18.8. The van der Waals surface area contributed by atoms with Gasteiger partial charge in [-0.3, -0.25) is 0 Å². The van der Waals surface area contributed by atoms with Gasteiger partial charge in [-0.2, -0.15) is 0 Å². The second-order valence-corrected chi connectivity index (χ2v) is 5.22. The summed E-state index contributed by atoms with van der Waals surface area (Å²) < 4.78 is 27.0. The maximum Gasteiger partial charge on any atom is 0.163 e. The van der Waals surface area contributed by atoms with E-state index in [1.54, 1.807) is 12.1 Å². The summed E-state index contributed by atoms with van der Waals surface area (Å²) in [4.78, 5) is 0. The number of halogens is 2. The van der Waals surface area contributed by atoms with Gasteiger partial charge in [0.15, 0.2) is 11.6 Å². The van der Waals surface area contributed by atoms with E-state index in [1.807, 2.05) is 7.05 Å². The Morgan fingerprint density at radius 2 is 1.94 bits per heavy atom. The van der Waals surface area contributed by atoms with Crippen LogP contribution in [0, 0.1) is 17.6 Å². The maximum absolute atomic E-state index is 13.8. The summed E-state index contributed by atoms with van der Waals surface area (Å²) in [5.74, 6) is -0.817. The molecule has 0 aromatic heterocycles. The first-order valence-corrected chi connectivity index (χ1v) is 6.83. The van der Waals surface area contributed by atoms with Gasteiger partial charge >= 0.3 is 0 Å². The monoisotopic (exact) mass is 253 g/mol. The van der Waals surface area contributed by atoms with E-state index < -0.39 is 11.6 Å². The molecule has 1 nitrogen and oxygen atoms in total. The van der Waals surface area contributed by atoms with Gasteiger partial charge in [0.05, 0.1) is 0 Å². The standard InChI is InChI=1S/C15H21F2N/c1-18-14(10-11-6-3-2-4-7-11)12-8-5-9-13(16)15(12)17/h5,8-9,11,14,18H,2-4,6-7,10H2,1H3. The van der Waals surface area contributed by atoms with Crippen molar-refractivity contribution in [1.82, 2.24) is 5.32 Å². The van der Waals surface area contributed by atoms with Crippen molar-refractivity contribution in [1.29, 1.82) is 0 Å². The minimum atomic E-state index is -0.753. The molecular formula is C15H21F2N. The van der Waals surface area contributed by atoms with Gasteiger partial charge in [0.25, 0.3) is 0 Å². The first-order valence-electron chi connectivity index (χ1n) is 6.83. The molecular weight excluding hydrogens is 232 g/mol. The summed E-state index contributed by atoms with van der Waals surface area (Å²) in [6.07, 6.45) is 7.19. The third-order valence-electron chi connectivity index (χ3n) is 4.00. The van der Waals surface area contributed by atoms with E-state index in [0.29, 0.717) is 11.5 Å². The fourth-order valence-electron chi connectivity index (χ4n) is 2.95. The van der Waals surface area contributed by atoms with Crippen LogP contribution >= 0.6 is 0 Å². The Bertz CT molecular complexity index is 386. The lowest BCUT2D eigenvalue weighted by atomic mass is 9.83. The van der Waals surface area contributed by atoms with Crippen molar-refractivity contribution in [2.75, 3.05) is 7.05 Å². The zero-order valence-corrected chi connectivity index (χ0v) is 10.9. The Balaban J connectivity index is 2.09. The van der Waals surface area contributed by atoms with Gasteiger partial charge in [-0.25, -0.2) is 8.78 Å². The van der Waals surface area contributed by atoms with Gasteiger partial charge in [-0.15, -0.1) is 0 Å². The Morgan fingerprint density at radius 1 is 1.22 bits per heavy atom. The van der Waals surface area contributed by atoms with Crippen molar-refractivity contribution in [3.63, 3.8) is 0 Å². The van der Waals surface area contributed by atoms with E-state index in [4.69, 9.17) is 0 Å². The molecule has 0 aliphatic heterocycles. The number of hydrogen-bond acceptors (Lipinski definition) is 1. The van der Waals surface area contributed by atoms with Crippen molar-refractivity contribution in [3.05, 3.63) is 35.4 Å². The molecule has 1 aromatic rings. The fourth-order valence-corrected chi connectivity index (χ4v) is 2.95. The summed E-state index contributed by atoms with van der Waals surface area (Å²) in [5.41, 5.74) is 0.461. The molecule has 3 heteroatoms. The van der Waals surface area contributed by atoms with Gasteiger partial charge in [0, 0.05) is 11.6 Å². The Morgan fingerprint density at radius 3 is 2.61 bits per heavy atom. The van der Waals surface area contributed by atoms with Crippen molar-refractivity contribution in [3.8, 4) is 0 Å². The average molecular weight is 253 g/mol. The van der Waals surface area contributed by atoms with E-state index in [1.165, 1.54) is 38.2 Å². The van der Waals surface area contributed by atoms with E-state index in [0.717, 1.165) is 6.42 Å². The number of benzene rings is 1. The molecule has 2 rings (SSSR count). The molecule has 1 unspecified atom stereocenters. The molecule has 1 aromatic carbocycles. The highest BCUT2D eigenvalue weighted by Crippen LogP contribution is 2.32. The zero-order chi connectivity index (χ0) is 13.0. The van der Waals surface area contributed by atoms with Crippen molar-refractivity contribution in [2.24, 2.45) is 5.92 Å². The maximum atomic E-state index is 13.8. The molecule has 1 saturated carbocycles. The predicted molar refractivity (Wildman–Crippen MR) is 69.4 cm³/mol. The molecule has 0 saturated heterocycles. The summed E-state index contributed by atoms with van der Waals surface area (Å²) >= 11 is 0. The second-order valence-electron chi connectivity index (χ2n) is 5.22. The summed E-state index contributed by atoms with van der Waals surface area (Å²) in [7, 11) is 1.82. The van der Waals surface area contributed by atoms with E-state index in [9.17, 15) is 8.78 Å². The average Bonchev–Trinajstić information content (AvgIpc) is 2.41. The van der Waals surface area contributed by atoms with Crippen LogP contribution in [0.2, 0.25) is 0 Å². The highest BCUT2D eigenvalue weighted by molar-refractivity contribution is 5.22. The van der Waals surface area contributed by atoms with Gasteiger partial charge in [0.1, 0.15) is 0 Å². The van der Waals surface area contributed by atoms with Gasteiger partial charge in [-0.05, 0) is 25.5 Å². The van der Waals surface area contributed by atoms with Crippen LogP contribution in [-0.2, 0) is 0 Å². The number of nitrogens with one attached hydrogen (secondary N) is 1. The third-order valence-corrected chi connectivity index (χ3v) is 4.00. The molecule has 1 N–H and O–H groups in total.